The first kappa shape index (κ1) is 26.3. The summed E-state index contributed by atoms with van der Waals surface area (Å²) >= 11 is 1.31. The lowest BCUT2D eigenvalue weighted by molar-refractivity contribution is -0.0494. The minimum absolute atomic E-state index is 0.0356. The molecule has 1 saturated carbocycles. The van der Waals surface area contributed by atoms with Crippen LogP contribution < -0.4 is 9.64 Å². The lowest BCUT2D eigenvalue weighted by Gasteiger charge is -2.38. The molecule has 0 radical (unpaired) electrons. The van der Waals surface area contributed by atoms with E-state index < -0.39 is 18.4 Å². The second kappa shape index (κ2) is 10.3. The van der Waals surface area contributed by atoms with Gasteiger partial charge in [-0.05, 0) is 62.8 Å². The average molecular weight is 586 g/mol. The van der Waals surface area contributed by atoms with Crippen LogP contribution in [-0.2, 0) is 11.3 Å². The van der Waals surface area contributed by atoms with Gasteiger partial charge in [0.05, 0.1) is 23.0 Å². The molecule has 0 spiro atoms. The maximum Gasteiger partial charge on any atom is 0.387 e. The van der Waals surface area contributed by atoms with Crippen molar-refractivity contribution < 1.29 is 37.1 Å². The number of carboxylic acids is 1. The number of aromatic nitrogens is 2. The molecular formula is C29H26F3N3O5S. The third kappa shape index (κ3) is 4.93. The number of aromatic carboxylic acids is 1. The van der Waals surface area contributed by atoms with Gasteiger partial charge < -0.3 is 24.0 Å². The van der Waals surface area contributed by atoms with Crippen molar-refractivity contribution in [1.29, 1.82) is 0 Å². The molecule has 1 N–H and O–H groups in total. The number of hydrogen-bond acceptors (Lipinski definition) is 8. The number of fused-ring (bicyclic) bond motifs is 3. The molecule has 4 aromatic rings. The van der Waals surface area contributed by atoms with E-state index in [1.807, 2.05) is 0 Å². The molecule has 2 bridgehead atoms. The summed E-state index contributed by atoms with van der Waals surface area (Å²) in [5.41, 5.74) is 1.76. The molecule has 214 valence electrons. The number of nitrogens with zero attached hydrogens (tertiary/aromatic N) is 3. The van der Waals surface area contributed by atoms with Crippen LogP contribution in [0.25, 0.3) is 21.5 Å². The number of carboxylic acid groups (broad SMARTS) is 1. The Labute approximate surface area is 236 Å². The Balaban J connectivity index is 1.10. The topological polar surface area (TPSA) is 97.9 Å². The zero-order valence-corrected chi connectivity index (χ0v) is 22.6. The molecular weight excluding hydrogens is 559 g/mol. The Bertz CT molecular complexity index is 1610. The summed E-state index contributed by atoms with van der Waals surface area (Å²) in [6, 6.07) is 9.35. The third-order valence-corrected chi connectivity index (χ3v) is 9.20. The van der Waals surface area contributed by atoms with Gasteiger partial charge >= 0.3 is 12.6 Å². The lowest BCUT2D eigenvalue weighted by Crippen LogP contribution is -2.45. The smallest absolute Gasteiger partial charge is 0.387 e. The fourth-order valence-corrected chi connectivity index (χ4v) is 7.35. The summed E-state index contributed by atoms with van der Waals surface area (Å²) < 4.78 is 58.2. The molecule has 3 fully saturated rings. The van der Waals surface area contributed by atoms with Crippen LogP contribution in [0.1, 0.15) is 66.1 Å². The molecule has 7 rings (SSSR count). The quantitative estimate of drug-likeness (QED) is 0.225. The second-order valence-corrected chi connectivity index (χ2v) is 11.8. The minimum Gasteiger partial charge on any atom is -0.478 e. The molecule has 2 saturated heterocycles. The molecule has 3 aliphatic rings. The normalized spacial score (nSPS) is 22.1. The highest BCUT2D eigenvalue weighted by Crippen LogP contribution is 2.47. The molecule has 41 heavy (non-hydrogen) atoms. The fraction of sp³-hybridized carbons (Fsp3) is 0.414. The Morgan fingerprint density at radius 3 is 2.61 bits per heavy atom. The number of anilines is 1. The van der Waals surface area contributed by atoms with Crippen LogP contribution in [0.3, 0.4) is 0 Å². The predicted molar refractivity (Wildman–Crippen MR) is 144 cm³/mol. The van der Waals surface area contributed by atoms with E-state index >= 15 is 0 Å². The van der Waals surface area contributed by atoms with Crippen molar-refractivity contribution >= 4 is 32.7 Å². The van der Waals surface area contributed by atoms with Crippen molar-refractivity contribution in [3.8, 4) is 17.0 Å². The van der Waals surface area contributed by atoms with Crippen LogP contribution in [0, 0.1) is 5.82 Å². The lowest BCUT2D eigenvalue weighted by atomic mass is 10.00. The monoisotopic (exact) mass is 585 g/mol. The highest BCUT2D eigenvalue weighted by molar-refractivity contribution is 7.22. The van der Waals surface area contributed by atoms with E-state index in [4.69, 9.17) is 14.0 Å². The van der Waals surface area contributed by atoms with E-state index in [-0.39, 0.29) is 47.5 Å². The third-order valence-electron chi connectivity index (χ3n) is 8.18. The number of para-hydroxylation sites is 1. The number of alkyl halides is 2. The van der Waals surface area contributed by atoms with E-state index in [0.717, 1.165) is 55.9 Å². The van der Waals surface area contributed by atoms with Crippen molar-refractivity contribution in [3.63, 3.8) is 0 Å². The number of ether oxygens (including phenoxy) is 2. The van der Waals surface area contributed by atoms with Crippen LogP contribution in [0.4, 0.5) is 18.3 Å². The molecule has 12 heteroatoms. The highest BCUT2D eigenvalue weighted by atomic mass is 32.1. The standard InChI is InChI=1S/C29H26F3N3O5S/c30-21-9-15(27(36)37)10-23-25(21)33-29(41-23)35-16-7-8-17(35)12-18(11-16)38-13-20-24(34-40-26(20)14-5-6-14)19-3-1-2-4-22(19)39-28(31)32/h1-4,9-10,14,16-18,28H,5-8,11-13H2,(H,36,37). The van der Waals surface area contributed by atoms with Crippen molar-refractivity contribution in [1.82, 2.24) is 10.1 Å². The number of rotatable bonds is 9. The number of halogens is 3. The first-order chi connectivity index (χ1) is 19.9. The summed E-state index contributed by atoms with van der Waals surface area (Å²) in [6.07, 6.45) is 5.32. The summed E-state index contributed by atoms with van der Waals surface area (Å²) in [5, 5.41) is 14.2. The molecule has 4 heterocycles. The molecule has 2 atom stereocenters. The maximum absolute atomic E-state index is 14.6. The average Bonchev–Trinajstić information content (AvgIpc) is 3.45. The van der Waals surface area contributed by atoms with Gasteiger partial charge in [0, 0.05) is 29.1 Å². The van der Waals surface area contributed by atoms with E-state index in [2.05, 4.69) is 15.0 Å². The predicted octanol–water partition coefficient (Wildman–Crippen LogP) is 6.98. The van der Waals surface area contributed by atoms with Gasteiger partial charge in [0.25, 0.3) is 0 Å². The summed E-state index contributed by atoms with van der Waals surface area (Å²) in [5.74, 6) is -0.788. The largest absolute Gasteiger partial charge is 0.478 e. The van der Waals surface area contributed by atoms with E-state index in [9.17, 15) is 23.1 Å². The molecule has 2 aromatic heterocycles. The highest BCUT2D eigenvalue weighted by Gasteiger charge is 2.43. The summed E-state index contributed by atoms with van der Waals surface area (Å²) in [4.78, 5) is 18.2. The Morgan fingerprint density at radius 2 is 1.90 bits per heavy atom. The molecule has 2 unspecified atom stereocenters. The summed E-state index contributed by atoms with van der Waals surface area (Å²) in [7, 11) is 0. The van der Waals surface area contributed by atoms with E-state index in [0.29, 0.717) is 21.1 Å². The number of benzene rings is 2. The number of thiazole rings is 1. The molecule has 2 aliphatic heterocycles. The maximum atomic E-state index is 14.6. The van der Waals surface area contributed by atoms with Gasteiger partial charge in [0.15, 0.2) is 10.9 Å². The Kier molecular flexibility index (Phi) is 6.61. The van der Waals surface area contributed by atoms with Crippen LogP contribution in [0.15, 0.2) is 40.9 Å². The van der Waals surface area contributed by atoms with Gasteiger partial charge in [-0.25, -0.2) is 14.2 Å². The van der Waals surface area contributed by atoms with Gasteiger partial charge in [-0.15, -0.1) is 0 Å². The number of carbonyl (C=O) groups is 1. The Morgan fingerprint density at radius 1 is 1.15 bits per heavy atom. The van der Waals surface area contributed by atoms with Crippen molar-refractivity contribution in [2.24, 2.45) is 0 Å². The van der Waals surface area contributed by atoms with E-state index in [1.165, 1.54) is 23.5 Å². The summed E-state index contributed by atoms with van der Waals surface area (Å²) in [6.45, 7) is -2.72. The van der Waals surface area contributed by atoms with Gasteiger partial charge in [-0.1, -0.05) is 28.6 Å². The van der Waals surface area contributed by atoms with Crippen LogP contribution in [0.2, 0.25) is 0 Å². The van der Waals surface area contributed by atoms with Gasteiger partial charge in [0.1, 0.15) is 22.7 Å². The molecule has 8 nitrogen and oxygen atoms in total. The second-order valence-electron chi connectivity index (χ2n) is 10.8. The first-order valence-electron chi connectivity index (χ1n) is 13.6. The zero-order chi connectivity index (χ0) is 28.2. The van der Waals surface area contributed by atoms with Gasteiger partial charge in [-0.2, -0.15) is 8.78 Å². The SMILES string of the molecule is O=C(O)c1cc(F)c2nc(N3C4CCC3CC(OCc3c(-c5ccccc5OC(F)F)noc3C3CC3)C4)sc2c1. The van der Waals surface area contributed by atoms with Gasteiger partial charge in [-0.3, -0.25) is 0 Å². The van der Waals surface area contributed by atoms with Crippen LogP contribution in [0.5, 0.6) is 5.75 Å². The first-order valence-corrected chi connectivity index (χ1v) is 14.4. The number of piperidine rings is 1. The fourth-order valence-electron chi connectivity index (χ4n) is 6.19. The van der Waals surface area contributed by atoms with Crippen LogP contribution in [-0.4, -0.2) is 46.0 Å². The molecule has 0 amide bonds. The van der Waals surface area contributed by atoms with Crippen molar-refractivity contribution in [2.45, 2.75) is 75.8 Å². The van der Waals surface area contributed by atoms with Crippen molar-refractivity contribution in [2.75, 3.05) is 4.90 Å². The number of hydrogen-bond donors (Lipinski definition) is 1. The zero-order valence-electron chi connectivity index (χ0n) is 21.8. The molecule has 1 aliphatic carbocycles. The molecule has 2 aromatic carbocycles. The Hall–Kier alpha value is -3.64. The minimum atomic E-state index is -2.96. The van der Waals surface area contributed by atoms with Crippen LogP contribution >= 0.6 is 11.3 Å². The van der Waals surface area contributed by atoms with E-state index in [1.54, 1.807) is 18.2 Å². The van der Waals surface area contributed by atoms with Crippen molar-refractivity contribution in [3.05, 3.63) is 59.1 Å². The van der Waals surface area contributed by atoms with Gasteiger partial charge in [0.2, 0.25) is 0 Å².